The molecule has 7 heteroatoms. The Bertz CT molecular complexity index is 932. The van der Waals surface area contributed by atoms with Gasteiger partial charge in [0, 0.05) is 10.7 Å². The van der Waals surface area contributed by atoms with Gasteiger partial charge >= 0.3 is 0 Å². The van der Waals surface area contributed by atoms with Gasteiger partial charge in [-0.25, -0.2) is 0 Å². The highest BCUT2D eigenvalue weighted by Crippen LogP contribution is 2.16. The van der Waals surface area contributed by atoms with Crippen LogP contribution in [0.3, 0.4) is 0 Å². The van der Waals surface area contributed by atoms with Gasteiger partial charge in [-0.1, -0.05) is 23.7 Å². The van der Waals surface area contributed by atoms with Crippen LogP contribution in [0.5, 0.6) is 0 Å². The quantitative estimate of drug-likeness (QED) is 0.716. The Hall–Kier alpha value is -3.43. The third-order valence-corrected chi connectivity index (χ3v) is 3.75. The summed E-state index contributed by atoms with van der Waals surface area (Å²) in [5.74, 6) is 0.717. The molecule has 0 atom stereocenters. The fourth-order valence-electron chi connectivity index (χ4n) is 2.22. The molecule has 0 unspecified atom stereocenters. The van der Waals surface area contributed by atoms with Crippen molar-refractivity contribution in [3.8, 4) is 6.07 Å². The van der Waals surface area contributed by atoms with Crippen molar-refractivity contribution < 1.29 is 4.79 Å². The molecule has 1 heterocycles. The highest BCUT2D eigenvalue weighted by Gasteiger charge is 2.06. The molecule has 0 aliphatic rings. The van der Waals surface area contributed by atoms with Crippen LogP contribution in [0, 0.1) is 11.3 Å². The van der Waals surface area contributed by atoms with E-state index < -0.39 is 0 Å². The second kappa shape index (κ2) is 8.10. The molecule has 2 N–H and O–H groups in total. The normalized spacial score (nSPS) is 10.0. The molecular formula is C19H14ClN5O. The van der Waals surface area contributed by atoms with Crippen molar-refractivity contribution >= 4 is 34.8 Å². The zero-order chi connectivity index (χ0) is 18.4. The predicted octanol–water partition coefficient (Wildman–Crippen LogP) is 3.93. The summed E-state index contributed by atoms with van der Waals surface area (Å²) in [6.45, 7) is 0. The van der Waals surface area contributed by atoms with Crippen LogP contribution in [0.1, 0.15) is 11.1 Å². The maximum Gasteiger partial charge on any atom is 0.229 e. The molecule has 2 aromatic carbocycles. The number of nitriles is 1. The zero-order valence-electron chi connectivity index (χ0n) is 13.6. The molecule has 26 heavy (non-hydrogen) atoms. The summed E-state index contributed by atoms with van der Waals surface area (Å²) >= 11 is 5.83. The number of hydrogen-bond donors (Lipinski definition) is 2. The lowest BCUT2D eigenvalue weighted by Crippen LogP contribution is -2.15. The maximum atomic E-state index is 12.0. The molecule has 0 saturated heterocycles. The lowest BCUT2D eigenvalue weighted by Gasteiger charge is -2.07. The first-order valence-electron chi connectivity index (χ1n) is 7.77. The van der Waals surface area contributed by atoms with E-state index >= 15 is 0 Å². The summed E-state index contributed by atoms with van der Waals surface area (Å²) < 4.78 is 0. The van der Waals surface area contributed by atoms with Gasteiger partial charge in [-0.2, -0.15) is 5.26 Å². The van der Waals surface area contributed by atoms with Crippen molar-refractivity contribution in [2.45, 2.75) is 6.42 Å². The van der Waals surface area contributed by atoms with Crippen molar-refractivity contribution in [1.82, 2.24) is 10.2 Å². The molecule has 0 aliphatic heterocycles. The number of aromatic nitrogens is 2. The number of rotatable bonds is 5. The highest BCUT2D eigenvalue weighted by atomic mass is 35.5. The van der Waals surface area contributed by atoms with E-state index in [-0.39, 0.29) is 12.3 Å². The van der Waals surface area contributed by atoms with Gasteiger partial charge in [0.2, 0.25) is 5.91 Å². The van der Waals surface area contributed by atoms with Gasteiger partial charge in [-0.05, 0) is 54.1 Å². The minimum absolute atomic E-state index is 0.186. The standard InChI is InChI=1S/C19H14ClN5O/c20-15-5-1-13(2-6-15)11-19(26)23-18-10-9-17(24-25-18)22-16-7-3-14(12-21)4-8-16/h1-10H,11H2,(H,22,24)(H,23,25,26). The number of amides is 1. The van der Waals surface area contributed by atoms with Crippen LogP contribution in [0.4, 0.5) is 17.3 Å². The Morgan fingerprint density at radius 2 is 1.62 bits per heavy atom. The minimum Gasteiger partial charge on any atom is -0.339 e. The summed E-state index contributed by atoms with van der Waals surface area (Å²) in [7, 11) is 0. The SMILES string of the molecule is N#Cc1ccc(Nc2ccc(NC(=O)Cc3ccc(Cl)cc3)nn2)cc1. The third-order valence-electron chi connectivity index (χ3n) is 3.50. The lowest BCUT2D eigenvalue weighted by atomic mass is 10.1. The largest absolute Gasteiger partial charge is 0.339 e. The molecule has 0 fully saturated rings. The molecule has 1 amide bonds. The fraction of sp³-hybridized carbons (Fsp3) is 0.0526. The summed E-state index contributed by atoms with van der Waals surface area (Å²) in [5.41, 5.74) is 2.23. The second-order valence-corrected chi connectivity index (χ2v) is 5.91. The minimum atomic E-state index is -0.186. The molecule has 0 spiro atoms. The number of nitrogens with zero attached hydrogens (tertiary/aromatic N) is 3. The average Bonchev–Trinajstić information content (AvgIpc) is 2.66. The van der Waals surface area contributed by atoms with Crippen LogP contribution in [0.2, 0.25) is 5.02 Å². The van der Waals surface area contributed by atoms with Crippen LogP contribution >= 0.6 is 11.6 Å². The molecule has 128 valence electrons. The summed E-state index contributed by atoms with van der Waals surface area (Å²) in [5, 5.41) is 23.2. The van der Waals surface area contributed by atoms with Gasteiger partial charge in [0.15, 0.2) is 11.6 Å². The van der Waals surface area contributed by atoms with E-state index in [1.165, 1.54) is 0 Å². The molecule has 0 radical (unpaired) electrons. The van der Waals surface area contributed by atoms with Crippen molar-refractivity contribution in [2.75, 3.05) is 10.6 Å². The summed E-state index contributed by atoms with van der Waals surface area (Å²) in [4.78, 5) is 12.0. The van der Waals surface area contributed by atoms with E-state index in [1.54, 1.807) is 60.7 Å². The number of benzene rings is 2. The fourth-order valence-corrected chi connectivity index (χ4v) is 2.34. The first kappa shape index (κ1) is 17.4. The first-order valence-corrected chi connectivity index (χ1v) is 8.15. The van der Waals surface area contributed by atoms with Crippen molar-refractivity contribution in [3.63, 3.8) is 0 Å². The second-order valence-electron chi connectivity index (χ2n) is 5.47. The summed E-state index contributed by atoms with van der Waals surface area (Å²) in [6.07, 6.45) is 0.226. The number of carbonyl (C=O) groups excluding carboxylic acids is 1. The Kier molecular flexibility index (Phi) is 5.42. The van der Waals surface area contributed by atoms with Gasteiger partial charge in [0.1, 0.15) is 0 Å². The first-order chi connectivity index (χ1) is 12.6. The van der Waals surface area contributed by atoms with E-state index in [2.05, 4.69) is 26.9 Å². The van der Waals surface area contributed by atoms with E-state index in [0.717, 1.165) is 11.3 Å². The van der Waals surface area contributed by atoms with E-state index in [4.69, 9.17) is 16.9 Å². The van der Waals surface area contributed by atoms with E-state index in [1.807, 2.05) is 0 Å². The average molecular weight is 364 g/mol. The number of carbonyl (C=O) groups is 1. The highest BCUT2D eigenvalue weighted by molar-refractivity contribution is 6.30. The van der Waals surface area contributed by atoms with Crippen LogP contribution in [-0.4, -0.2) is 16.1 Å². The monoisotopic (exact) mass is 363 g/mol. The van der Waals surface area contributed by atoms with Gasteiger partial charge in [-0.3, -0.25) is 4.79 Å². The lowest BCUT2D eigenvalue weighted by molar-refractivity contribution is -0.115. The van der Waals surface area contributed by atoms with Crippen molar-refractivity contribution in [3.05, 3.63) is 76.8 Å². The molecule has 0 saturated carbocycles. The molecule has 1 aromatic heterocycles. The van der Waals surface area contributed by atoms with E-state index in [0.29, 0.717) is 22.2 Å². The van der Waals surface area contributed by atoms with Gasteiger partial charge in [0.05, 0.1) is 18.1 Å². The molecule has 6 nitrogen and oxygen atoms in total. The van der Waals surface area contributed by atoms with Crippen LogP contribution in [0.15, 0.2) is 60.7 Å². The maximum absolute atomic E-state index is 12.0. The number of halogens is 1. The van der Waals surface area contributed by atoms with Crippen molar-refractivity contribution in [1.29, 1.82) is 5.26 Å². The number of nitrogens with one attached hydrogen (secondary N) is 2. The molecule has 0 aliphatic carbocycles. The number of anilines is 3. The Labute approximate surface area is 155 Å². The Balaban J connectivity index is 1.57. The molecule has 0 bridgehead atoms. The Morgan fingerprint density at radius 3 is 2.23 bits per heavy atom. The summed E-state index contributed by atoms with van der Waals surface area (Å²) in [6, 6.07) is 19.5. The Morgan fingerprint density at radius 1 is 0.962 bits per heavy atom. The predicted molar refractivity (Wildman–Crippen MR) is 100 cm³/mol. The van der Waals surface area contributed by atoms with Gasteiger partial charge < -0.3 is 10.6 Å². The zero-order valence-corrected chi connectivity index (χ0v) is 14.4. The van der Waals surface area contributed by atoms with Crippen molar-refractivity contribution in [2.24, 2.45) is 0 Å². The van der Waals surface area contributed by atoms with Crippen LogP contribution in [0.25, 0.3) is 0 Å². The molecular weight excluding hydrogens is 350 g/mol. The topological polar surface area (TPSA) is 90.7 Å². The van der Waals surface area contributed by atoms with Crippen LogP contribution in [-0.2, 0) is 11.2 Å². The third kappa shape index (κ3) is 4.79. The number of hydrogen-bond acceptors (Lipinski definition) is 5. The molecule has 3 aromatic rings. The van der Waals surface area contributed by atoms with Gasteiger partial charge in [0.25, 0.3) is 0 Å². The van der Waals surface area contributed by atoms with Crippen LogP contribution < -0.4 is 10.6 Å². The van der Waals surface area contributed by atoms with E-state index in [9.17, 15) is 4.79 Å². The smallest absolute Gasteiger partial charge is 0.229 e. The molecule has 3 rings (SSSR count). The van der Waals surface area contributed by atoms with Gasteiger partial charge in [-0.15, -0.1) is 10.2 Å².